The van der Waals surface area contributed by atoms with Crippen LogP contribution < -0.4 is 64.4 Å². The minimum atomic E-state index is -5.14. The van der Waals surface area contributed by atoms with E-state index in [0.29, 0.717) is 22.5 Å². The van der Waals surface area contributed by atoms with Gasteiger partial charge in [0.15, 0.2) is 9.84 Å². The van der Waals surface area contributed by atoms with Gasteiger partial charge in [-0.05, 0) is 36.4 Å². The van der Waals surface area contributed by atoms with Crippen molar-refractivity contribution in [3.8, 4) is 11.5 Å². The monoisotopic (exact) mass is 834 g/mol. The Morgan fingerprint density at radius 1 is 0.820 bits per heavy atom. The summed E-state index contributed by atoms with van der Waals surface area (Å²) in [6.07, 6.45) is 0. The molecule has 0 amide bonds. The number of nitrogens with zero attached hydrogens (tertiary/aromatic N) is 4. The number of hydrogen-bond acceptors (Lipinski definition) is 18. The maximum Gasteiger partial charge on any atom is 1.00 e. The van der Waals surface area contributed by atoms with E-state index in [1.807, 2.05) is 0 Å². The smallest absolute Gasteiger partial charge is 0.744 e. The van der Waals surface area contributed by atoms with E-state index in [2.05, 4.69) is 38.4 Å². The number of nitrogens with one attached hydrogen (secondary N) is 1. The molecule has 0 aromatic heterocycles. The van der Waals surface area contributed by atoms with Gasteiger partial charge in [-0.3, -0.25) is 0 Å². The van der Waals surface area contributed by atoms with Gasteiger partial charge in [-0.25, -0.2) is 16.8 Å². The third-order valence-electron chi connectivity index (χ3n) is 5.46. The molecule has 1 radical (unpaired) electrons. The molecule has 0 saturated carbocycles. The number of sulfone groups is 1. The van der Waals surface area contributed by atoms with Crippen molar-refractivity contribution < 1.29 is 133 Å². The molecule has 4 aromatic carbocycles. The Bertz CT molecular complexity index is 2320. The van der Waals surface area contributed by atoms with Crippen molar-refractivity contribution in [2.45, 2.75) is 9.79 Å². The topological polar surface area (TPSA) is 296 Å². The summed E-state index contributed by atoms with van der Waals surface area (Å²) in [4.78, 5) is -1.33. The molecular weight excluding hydrogens is 816 g/mol. The number of phenols is 2. The van der Waals surface area contributed by atoms with Gasteiger partial charge in [-0.15, -0.1) is 30.4 Å². The van der Waals surface area contributed by atoms with Crippen LogP contribution in [0.15, 0.2) is 103 Å². The Balaban J connectivity index is 0. The van der Waals surface area contributed by atoms with E-state index in [-0.39, 0.29) is 110 Å². The fraction of sp³-hybridized carbons (Fsp3) is 0.0400. The summed E-state index contributed by atoms with van der Waals surface area (Å²) in [6, 6.07) is 16.4. The molecular formula is C25H19CuN5Na2O13S4. The molecule has 3 N–H and O–H groups in total. The van der Waals surface area contributed by atoms with Crippen molar-refractivity contribution in [1.82, 2.24) is 0 Å². The molecule has 0 bridgehead atoms. The molecule has 0 aliphatic carbocycles. The van der Waals surface area contributed by atoms with Gasteiger partial charge in [0.05, 0.1) is 15.5 Å². The molecule has 0 aliphatic rings. The summed E-state index contributed by atoms with van der Waals surface area (Å²) in [6.45, 7) is 3.18. The number of aromatic hydroxyl groups is 2. The molecule has 50 heavy (non-hydrogen) atoms. The number of anilines is 1. The number of benzene rings is 4. The predicted molar refractivity (Wildman–Crippen MR) is 162 cm³/mol. The van der Waals surface area contributed by atoms with E-state index in [1.165, 1.54) is 18.2 Å². The second kappa shape index (κ2) is 22.1. The van der Waals surface area contributed by atoms with E-state index in [1.54, 1.807) is 31.3 Å². The Morgan fingerprint density at radius 2 is 1.38 bits per heavy atom. The Labute approximate surface area is 342 Å². The second-order valence-electron chi connectivity index (χ2n) is 8.25. The van der Waals surface area contributed by atoms with Crippen LogP contribution in [0, 0.1) is 6.07 Å². The number of para-hydroxylation sites is 1. The van der Waals surface area contributed by atoms with Crippen LogP contribution in [0.1, 0.15) is 0 Å². The van der Waals surface area contributed by atoms with E-state index in [9.17, 15) is 31.6 Å². The number of azo groups is 2. The third kappa shape index (κ3) is 14.4. The van der Waals surface area contributed by atoms with Crippen molar-refractivity contribution in [1.29, 1.82) is 0 Å². The van der Waals surface area contributed by atoms with E-state index >= 15 is 0 Å². The average molecular weight is 835 g/mol. The van der Waals surface area contributed by atoms with Crippen LogP contribution in [0.4, 0.5) is 28.4 Å². The second-order valence-corrected chi connectivity index (χ2v) is 12.3. The quantitative estimate of drug-likeness (QED) is 0.0731. The van der Waals surface area contributed by atoms with E-state index < -0.39 is 56.7 Å². The first-order valence-electron chi connectivity index (χ1n) is 11.9. The number of phenolic OH excluding ortho intramolecular Hbond substituents is 2. The zero-order valence-electron chi connectivity index (χ0n) is 25.7. The molecule has 4 rings (SSSR count). The summed E-state index contributed by atoms with van der Waals surface area (Å²) < 4.78 is 110. The van der Waals surface area contributed by atoms with Crippen molar-refractivity contribution in [2.24, 2.45) is 20.5 Å². The molecule has 259 valence electrons. The summed E-state index contributed by atoms with van der Waals surface area (Å²) in [5.74, 6) is -0.398. The average Bonchev–Trinajstić information content (AvgIpc) is 2.99. The van der Waals surface area contributed by atoms with Gasteiger partial charge in [0.2, 0.25) is 0 Å². The van der Waals surface area contributed by atoms with Crippen LogP contribution in [-0.2, 0) is 58.2 Å². The fourth-order valence-corrected chi connectivity index (χ4v) is 4.93. The maximum absolute atomic E-state index is 12.1. The zero-order chi connectivity index (χ0) is 35.5. The molecule has 18 nitrogen and oxygen atoms in total. The zero-order valence-corrected chi connectivity index (χ0v) is 33.9. The van der Waals surface area contributed by atoms with Crippen molar-refractivity contribution >= 4 is 80.4 Å². The first-order chi connectivity index (χ1) is 21.9. The number of rotatable bonds is 8. The molecule has 0 unspecified atom stereocenters. The van der Waals surface area contributed by atoms with Gasteiger partial charge in [0.25, 0.3) is 0 Å². The van der Waals surface area contributed by atoms with Crippen LogP contribution in [-0.4, -0.2) is 63.9 Å². The first-order valence-corrected chi connectivity index (χ1v) is 16.9. The molecule has 0 spiro atoms. The third-order valence-corrected chi connectivity index (χ3v) is 7.68. The van der Waals surface area contributed by atoms with Crippen molar-refractivity contribution in [3.05, 3.63) is 78.7 Å². The van der Waals surface area contributed by atoms with Crippen LogP contribution in [0.3, 0.4) is 0 Å². The van der Waals surface area contributed by atoms with Crippen LogP contribution in [0.5, 0.6) is 11.5 Å². The number of hydrogen-bond donors (Lipinski definition) is 3. The number of fused-ring (bicyclic) bond motifs is 1. The molecule has 0 heterocycles. The Kier molecular flexibility index (Phi) is 21.8. The molecule has 0 atom stereocenters. The van der Waals surface area contributed by atoms with Gasteiger partial charge < -0.3 is 20.1 Å². The summed E-state index contributed by atoms with van der Waals surface area (Å²) in [7, 11) is -13.8. The van der Waals surface area contributed by atoms with Crippen molar-refractivity contribution in [3.63, 3.8) is 0 Å². The van der Waals surface area contributed by atoms with Crippen molar-refractivity contribution in [2.75, 3.05) is 12.4 Å². The molecule has 0 aliphatic heterocycles. The first kappa shape index (κ1) is 49.2. The Morgan fingerprint density at radius 3 is 1.90 bits per heavy atom. The Hall–Kier alpha value is -2.90. The SMILES string of the molecule is C=CS(=O)(=O)c1ccc(N=Nc2c(NC)ccc3c(O)c(N=Nc4ccccc4O)[c-]cc23)c(S(=O)(=O)[O-])c1.O=S(=O)=O.O=S(=O)=O.[Cu].[Na+].[Na+]. The minimum absolute atomic E-state index is 0. The van der Waals surface area contributed by atoms with Gasteiger partial charge in [0.1, 0.15) is 27.2 Å². The van der Waals surface area contributed by atoms with Gasteiger partial charge in [-0.1, -0.05) is 35.6 Å². The van der Waals surface area contributed by atoms with E-state index in [4.69, 9.17) is 25.3 Å². The standard InChI is InChI=1S/C25H20N5O7S2.Cu.2Na.2O3S/c1-3-38(33,34)15-8-11-19(23(14-15)39(35,36)37)28-30-24-16-9-13-21(25(32)17(16)10-12-20(24)26-2)29-27-18-6-4-5-7-22(18)31;;;;2*1-4(2)3/h3-12,14,26,31-32H,1H2,2H3,(H,35,36,37);;;;;/q-1;;2*+1;;/p-1. The molecule has 0 fully saturated rings. The summed E-state index contributed by atoms with van der Waals surface area (Å²) in [5, 5.41) is 40.7. The van der Waals surface area contributed by atoms with Crippen LogP contribution >= 0.6 is 0 Å². The molecule has 0 saturated heterocycles. The predicted octanol–water partition coefficient (Wildman–Crippen LogP) is -2.26. The largest absolute Gasteiger partial charge is 1.00 e. The van der Waals surface area contributed by atoms with Crippen LogP contribution in [0.2, 0.25) is 0 Å². The minimum Gasteiger partial charge on any atom is -0.744 e. The summed E-state index contributed by atoms with van der Waals surface area (Å²) in [5.41, 5.74) is 0.349. The normalized spacial score (nSPS) is 10.6. The summed E-state index contributed by atoms with van der Waals surface area (Å²) >= 11 is 0. The van der Waals surface area contributed by atoms with Gasteiger partial charge in [-0.2, -0.15) is 27.5 Å². The molecule has 4 aromatic rings. The van der Waals surface area contributed by atoms with E-state index in [0.717, 1.165) is 12.1 Å². The van der Waals surface area contributed by atoms with Crippen LogP contribution in [0.25, 0.3) is 10.8 Å². The maximum atomic E-state index is 12.1. The fourth-order valence-electron chi connectivity index (χ4n) is 3.49. The van der Waals surface area contributed by atoms with Gasteiger partial charge >= 0.3 is 80.3 Å². The molecule has 25 heteroatoms. The van der Waals surface area contributed by atoms with Gasteiger partial charge in [0, 0.05) is 46.6 Å².